The maximum atomic E-state index is 12.2. The van der Waals surface area contributed by atoms with Crippen LogP contribution in [0.3, 0.4) is 0 Å². The van der Waals surface area contributed by atoms with Gasteiger partial charge in [-0.3, -0.25) is 4.79 Å². The summed E-state index contributed by atoms with van der Waals surface area (Å²) in [5.74, 6) is 2.55. The van der Waals surface area contributed by atoms with E-state index in [-0.39, 0.29) is 12.0 Å². The number of carbonyl (C=O) groups is 1. The van der Waals surface area contributed by atoms with Crippen LogP contribution in [0.15, 0.2) is 48.5 Å². The van der Waals surface area contributed by atoms with Crippen LogP contribution in [0.1, 0.15) is 6.92 Å². The van der Waals surface area contributed by atoms with E-state index in [1.807, 2.05) is 24.3 Å². The number of benzene rings is 2. The van der Waals surface area contributed by atoms with Crippen molar-refractivity contribution >= 4 is 5.91 Å². The average molecular weight is 343 g/mol. The number of rotatable bonds is 6. The predicted molar refractivity (Wildman–Crippen MR) is 92.4 cm³/mol. The predicted octanol–water partition coefficient (Wildman–Crippen LogP) is 2.42. The molecule has 132 valence electrons. The molecule has 2 aromatic rings. The number of nitrogens with one attached hydrogen (secondary N) is 1. The quantitative estimate of drug-likeness (QED) is 0.873. The van der Waals surface area contributed by atoms with Crippen molar-refractivity contribution in [2.75, 3.05) is 20.3 Å². The van der Waals surface area contributed by atoms with Gasteiger partial charge in [-0.15, -0.1) is 0 Å². The zero-order valence-corrected chi connectivity index (χ0v) is 14.2. The highest BCUT2D eigenvalue weighted by Crippen LogP contribution is 2.30. The lowest BCUT2D eigenvalue weighted by molar-refractivity contribution is -0.127. The molecule has 6 heteroatoms. The van der Waals surface area contributed by atoms with Crippen LogP contribution in [0.2, 0.25) is 0 Å². The first kappa shape index (κ1) is 17.0. The fourth-order valence-electron chi connectivity index (χ4n) is 2.43. The summed E-state index contributed by atoms with van der Waals surface area (Å²) in [6.45, 7) is 2.45. The number of para-hydroxylation sites is 2. The van der Waals surface area contributed by atoms with Gasteiger partial charge >= 0.3 is 0 Å². The van der Waals surface area contributed by atoms with E-state index in [0.29, 0.717) is 24.7 Å². The lowest BCUT2D eigenvalue weighted by Gasteiger charge is -2.27. The second-order valence-corrected chi connectivity index (χ2v) is 5.68. The van der Waals surface area contributed by atoms with Crippen molar-refractivity contribution in [3.63, 3.8) is 0 Å². The number of carbonyl (C=O) groups excluding carboxylic acids is 1. The van der Waals surface area contributed by atoms with Crippen LogP contribution in [0.4, 0.5) is 0 Å². The summed E-state index contributed by atoms with van der Waals surface area (Å²) >= 11 is 0. The number of amides is 1. The van der Waals surface area contributed by atoms with Crippen molar-refractivity contribution in [3.05, 3.63) is 48.5 Å². The van der Waals surface area contributed by atoms with Crippen LogP contribution in [0.25, 0.3) is 0 Å². The molecule has 2 aromatic carbocycles. The van der Waals surface area contributed by atoms with Crippen LogP contribution in [0.5, 0.6) is 23.0 Å². The summed E-state index contributed by atoms with van der Waals surface area (Å²) in [5.41, 5.74) is 0. The van der Waals surface area contributed by atoms with Crippen LogP contribution < -0.4 is 24.3 Å². The number of methoxy groups -OCH3 is 1. The Morgan fingerprint density at radius 1 is 1.16 bits per heavy atom. The molecule has 0 saturated carbocycles. The fourth-order valence-corrected chi connectivity index (χ4v) is 2.43. The van der Waals surface area contributed by atoms with E-state index in [2.05, 4.69) is 5.32 Å². The third kappa shape index (κ3) is 4.35. The van der Waals surface area contributed by atoms with E-state index in [9.17, 15) is 4.79 Å². The lowest BCUT2D eigenvalue weighted by atomic mass is 10.2. The Kier molecular flexibility index (Phi) is 5.28. The monoisotopic (exact) mass is 343 g/mol. The van der Waals surface area contributed by atoms with Crippen molar-refractivity contribution in [1.29, 1.82) is 0 Å². The standard InChI is InChI=1S/C19H21NO5/c1-13(24-15-9-7-14(22-2)8-10-15)19(21)20-11-16-12-23-17-5-3-4-6-18(17)25-16/h3-10,13,16H,11-12H2,1-2H3,(H,20,21)/t13-,16-/m0/s1. The van der Waals surface area contributed by atoms with Crippen molar-refractivity contribution in [1.82, 2.24) is 5.32 Å². The van der Waals surface area contributed by atoms with Crippen LogP contribution in [-0.2, 0) is 4.79 Å². The van der Waals surface area contributed by atoms with Gasteiger partial charge in [0.05, 0.1) is 13.7 Å². The highest BCUT2D eigenvalue weighted by Gasteiger charge is 2.22. The second-order valence-electron chi connectivity index (χ2n) is 5.68. The Morgan fingerprint density at radius 3 is 2.56 bits per heavy atom. The molecule has 25 heavy (non-hydrogen) atoms. The summed E-state index contributed by atoms with van der Waals surface area (Å²) in [6.07, 6.45) is -0.850. The maximum absolute atomic E-state index is 12.2. The minimum absolute atomic E-state index is 0.210. The summed E-state index contributed by atoms with van der Waals surface area (Å²) in [7, 11) is 1.60. The summed E-state index contributed by atoms with van der Waals surface area (Å²) in [5, 5.41) is 2.83. The highest BCUT2D eigenvalue weighted by molar-refractivity contribution is 5.80. The molecule has 1 aliphatic rings. The molecule has 2 atom stereocenters. The van der Waals surface area contributed by atoms with Gasteiger partial charge in [0.15, 0.2) is 17.6 Å². The van der Waals surface area contributed by atoms with E-state index in [1.165, 1.54) is 0 Å². The van der Waals surface area contributed by atoms with E-state index in [0.717, 1.165) is 11.5 Å². The molecule has 1 aliphatic heterocycles. The van der Waals surface area contributed by atoms with E-state index < -0.39 is 6.10 Å². The normalized spacial score (nSPS) is 16.6. The summed E-state index contributed by atoms with van der Waals surface area (Å²) < 4.78 is 22.2. The first-order valence-electron chi connectivity index (χ1n) is 8.12. The molecule has 0 unspecified atom stereocenters. The Labute approximate surface area is 146 Å². The first-order chi connectivity index (χ1) is 12.2. The van der Waals surface area contributed by atoms with Gasteiger partial charge < -0.3 is 24.3 Å². The molecule has 1 heterocycles. The van der Waals surface area contributed by atoms with Gasteiger partial charge in [-0.1, -0.05) is 12.1 Å². The molecule has 0 aliphatic carbocycles. The molecule has 0 bridgehead atoms. The lowest BCUT2D eigenvalue weighted by Crippen LogP contribution is -2.44. The SMILES string of the molecule is COc1ccc(O[C@@H](C)C(=O)NC[C@H]2COc3ccccc3O2)cc1. The average Bonchev–Trinajstić information content (AvgIpc) is 2.66. The van der Waals surface area contributed by atoms with Gasteiger partial charge in [0.2, 0.25) is 0 Å². The van der Waals surface area contributed by atoms with E-state index in [4.69, 9.17) is 18.9 Å². The Balaban J connectivity index is 1.47. The van der Waals surface area contributed by atoms with Crippen LogP contribution in [-0.4, -0.2) is 38.4 Å². The van der Waals surface area contributed by atoms with Crippen molar-refractivity contribution in [3.8, 4) is 23.0 Å². The van der Waals surface area contributed by atoms with Crippen molar-refractivity contribution in [2.24, 2.45) is 0 Å². The Morgan fingerprint density at radius 2 is 1.84 bits per heavy atom. The van der Waals surface area contributed by atoms with E-state index in [1.54, 1.807) is 38.3 Å². The van der Waals surface area contributed by atoms with Gasteiger partial charge in [-0.2, -0.15) is 0 Å². The second kappa shape index (κ2) is 7.79. The molecule has 1 amide bonds. The van der Waals surface area contributed by atoms with Crippen LogP contribution in [0, 0.1) is 0 Å². The van der Waals surface area contributed by atoms with Gasteiger partial charge in [0, 0.05) is 0 Å². The molecule has 0 aromatic heterocycles. The zero-order valence-electron chi connectivity index (χ0n) is 14.2. The maximum Gasteiger partial charge on any atom is 0.260 e. The molecular formula is C19H21NO5. The minimum Gasteiger partial charge on any atom is -0.497 e. The van der Waals surface area contributed by atoms with Gasteiger partial charge in [-0.25, -0.2) is 0 Å². The van der Waals surface area contributed by atoms with Crippen LogP contribution >= 0.6 is 0 Å². The largest absolute Gasteiger partial charge is 0.497 e. The third-order valence-electron chi connectivity index (χ3n) is 3.81. The molecule has 3 rings (SSSR count). The first-order valence-corrected chi connectivity index (χ1v) is 8.12. The van der Waals surface area contributed by atoms with E-state index >= 15 is 0 Å². The molecule has 6 nitrogen and oxygen atoms in total. The summed E-state index contributed by atoms with van der Waals surface area (Å²) in [6, 6.07) is 14.6. The van der Waals surface area contributed by atoms with Crippen molar-refractivity contribution in [2.45, 2.75) is 19.1 Å². The van der Waals surface area contributed by atoms with Gasteiger partial charge in [0.25, 0.3) is 5.91 Å². The molecule has 0 spiro atoms. The number of hydrogen-bond donors (Lipinski definition) is 1. The minimum atomic E-state index is -0.620. The molecule has 0 fully saturated rings. The number of ether oxygens (including phenoxy) is 4. The number of fused-ring (bicyclic) bond motifs is 1. The van der Waals surface area contributed by atoms with Crippen molar-refractivity contribution < 1.29 is 23.7 Å². The molecular weight excluding hydrogens is 322 g/mol. The van der Waals surface area contributed by atoms with Gasteiger partial charge in [-0.05, 0) is 43.3 Å². The third-order valence-corrected chi connectivity index (χ3v) is 3.81. The smallest absolute Gasteiger partial charge is 0.260 e. The number of hydrogen-bond acceptors (Lipinski definition) is 5. The molecule has 1 N–H and O–H groups in total. The van der Waals surface area contributed by atoms with Gasteiger partial charge in [0.1, 0.15) is 24.2 Å². The highest BCUT2D eigenvalue weighted by atomic mass is 16.6. The molecule has 0 saturated heterocycles. The summed E-state index contributed by atoms with van der Waals surface area (Å²) in [4.78, 5) is 12.2. The topological polar surface area (TPSA) is 66.0 Å². The zero-order chi connectivity index (χ0) is 17.6. The fraction of sp³-hybridized carbons (Fsp3) is 0.316. The molecule has 0 radical (unpaired) electrons. The Hall–Kier alpha value is -2.89. The Bertz CT molecular complexity index is 716.